The van der Waals surface area contributed by atoms with Crippen LogP contribution in [0.3, 0.4) is 0 Å². The Morgan fingerprint density at radius 3 is 2.41 bits per heavy atom. The molecule has 1 aromatic heterocycles. The summed E-state index contributed by atoms with van der Waals surface area (Å²) in [6, 6.07) is 6.98. The lowest BCUT2D eigenvalue weighted by atomic mass is 10.3. The number of hydrogen-bond donors (Lipinski definition) is 1. The molecular formula is C17H19N3O6S. The predicted octanol–water partition coefficient (Wildman–Crippen LogP) is 1.14. The van der Waals surface area contributed by atoms with Gasteiger partial charge in [0.15, 0.2) is 6.61 Å². The highest BCUT2D eigenvalue weighted by molar-refractivity contribution is 7.89. The first-order chi connectivity index (χ1) is 12.8. The first kappa shape index (κ1) is 20.3. The predicted molar refractivity (Wildman–Crippen MR) is 97.0 cm³/mol. The lowest BCUT2D eigenvalue weighted by Gasteiger charge is -2.15. The number of nitrogens with zero attached hydrogens (tertiary/aromatic N) is 2. The van der Waals surface area contributed by atoms with Crippen LogP contribution in [0.2, 0.25) is 0 Å². The first-order valence-electron chi connectivity index (χ1n) is 7.73. The van der Waals surface area contributed by atoms with Crippen LogP contribution in [0.25, 0.3) is 0 Å². The van der Waals surface area contributed by atoms with E-state index in [0.29, 0.717) is 0 Å². The molecular weight excluding hydrogens is 374 g/mol. The van der Waals surface area contributed by atoms with Crippen LogP contribution in [-0.4, -0.2) is 57.4 Å². The minimum Gasteiger partial charge on any atom is -0.495 e. The number of anilines is 1. The van der Waals surface area contributed by atoms with Crippen LogP contribution in [0.4, 0.5) is 5.69 Å². The van der Waals surface area contributed by atoms with Gasteiger partial charge in [-0.05, 0) is 30.3 Å². The number of nitrogens with one attached hydrogen (secondary N) is 1. The average molecular weight is 393 g/mol. The number of carbonyl (C=O) groups is 2. The highest BCUT2D eigenvalue weighted by Crippen LogP contribution is 2.28. The summed E-state index contributed by atoms with van der Waals surface area (Å²) in [5, 5.41) is 2.48. The van der Waals surface area contributed by atoms with Crippen LogP contribution in [0, 0.1) is 0 Å². The average Bonchev–Trinajstić information content (AvgIpc) is 2.66. The molecule has 0 atom stereocenters. The van der Waals surface area contributed by atoms with Gasteiger partial charge in [0.25, 0.3) is 5.91 Å². The second kappa shape index (κ2) is 8.60. The van der Waals surface area contributed by atoms with E-state index in [2.05, 4.69) is 10.3 Å². The molecule has 0 unspecified atom stereocenters. The third-order valence-electron chi connectivity index (χ3n) is 3.47. The number of aromatic nitrogens is 1. The molecule has 0 saturated carbocycles. The maximum atomic E-state index is 12.2. The van der Waals surface area contributed by atoms with Gasteiger partial charge in [0.05, 0.1) is 23.3 Å². The van der Waals surface area contributed by atoms with Crippen molar-refractivity contribution in [3.05, 3.63) is 48.3 Å². The summed E-state index contributed by atoms with van der Waals surface area (Å²) in [5.74, 6) is -1.06. The zero-order chi connectivity index (χ0) is 20.0. The van der Waals surface area contributed by atoms with Crippen molar-refractivity contribution >= 4 is 27.6 Å². The van der Waals surface area contributed by atoms with Gasteiger partial charge < -0.3 is 14.8 Å². The fourth-order valence-electron chi connectivity index (χ4n) is 2.04. The summed E-state index contributed by atoms with van der Waals surface area (Å²) in [4.78, 5) is 27.7. The maximum Gasteiger partial charge on any atom is 0.338 e. The van der Waals surface area contributed by atoms with Crippen LogP contribution >= 0.6 is 0 Å². The maximum absolute atomic E-state index is 12.2. The molecule has 2 rings (SSSR count). The van der Waals surface area contributed by atoms with E-state index in [0.717, 1.165) is 4.31 Å². The summed E-state index contributed by atoms with van der Waals surface area (Å²) in [5.41, 5.74) is 0.403. The van der Waals surface area contributed by atoms with E-state index in [-0.39, 0.29) is 21.9 Å². The molecule has 9 nitrogen and oxygen atoms in total. The Bertz CT molecular complexity index is 929. The van der Waals surface area contributed by atoms with Crippen LogP contribution in [0.15, 0.2) is 47.6 Å². The number of rotatable bonds is 7. The van der Waals surface area contributed by atoms with E-state index in [4.69, 9.17) is 9.47 Å². The van der Waals surface area contributed by atoms with Crippen molar-refractivity contribution in [2.45, 2.75) is 4.90 Å². The van der Waals surface area contributed by atoms with Crippen LogP contribution < -0.4 is 10.1 Å². The summed E-state index contributed by atoms with van der Waals surface area (Å²) in [7, 11) is 0.495. The lowest BCUT2D eigenvalue weighted by Crippen LogP contribution is -2.23. The molecule has 27 heavy (non-hydrogen) atoms. The number of hydrogen-bond acceptors (Lipinski definition) is 7. The highest BCUT2D eigenvalue weighted by Gasteiger charge is 2.20. The van der Waals surface area contributed by atoms with Gasteiger partial charge in [-0.2, -0.15) is 0 Å². The van der Waals surface area contributed by atoms with Crippen LogP contribution in [-0.2, 0) is 19.6 Å². The molecule has 1 amide bonds. The van der Waals surface area contributed by atoms with Crippen molar-refractivity contribution in [3.8, 4) is 5.75 Å². The summed E-state index contributed by atoms with van der Waals surface area (Å²) >= 11 is 0. The standard InChI is InChI=1S/C17H19N3O6S/c1-20(2)27(23,24)13-4-5-15(25-3)14(10-13)19-16(21)11-26-17(22)12-6-8-18-9-7-12/h4-10H,11H2,1-3H3,(H,19,21). The van der Waals surface area contributed by atoms with Crippen molar-refractivity contribution in [2.75, 3.05) is 33.1 Å². The van der Waals surface area contributed by atoms with Gasteiger partial charge in [-0.1, -0.05) is 0 Å². The fourth-order valence-corrected chi connectivity index (χ4v) is 2.97. The molecule has 0 saturated heterocycles. The van der Waals surface area contributed by atoms with Crippen molar-refractivity contribution < 1.29 is 27.5 Å². The molecule has 0 aliphatic rings. The monoisotopic (exact) mass is 393 g/mol. The Morgan fingerprint density at radius 2 is 1.81 bits per heavy atom. The van der Waals surface area contributed by atoms with Crippen molar-refractivity contribution in [3.63, 3.8) is 0 Å². The topological polar surface area (TPSA) is 115 Å². The first-order valence-corrected chi connectivity index (χ1v) is 9.17. The number of amides is 1. The quantitative estimate of drug-likeness (QED) is 0.701. The molecule has 144 valence electrons. The zero-order valence-electron chi connectivity index (χ0n) is 15.0. The second-order valence-corrected chi connectivity index (χ2v) is 7.66. The second-order valence-electron chi connectivity index (χ2n) is 5.51. The van der Waals surface area contributed by atoms with E-state index in [1.807, 2.05) is 0 Å². The Hall–Kier alpha value is -2.98. The summed E-state index contributed by atoms with van der Waals surface area (Å²) in [6.07, 6.45) is 2.86. The van der Waals surface area contributed by atoms with Gasteiger partial charge in [-0.3, -0.25) is 9.78 Å². The van der Waals surface area contributed by atoms with Gasteiger partial charge in [0.1, 0.15) is 5.75 Å². The van der Waals surface area contributed by atoms with Crippen molar-refractivity contribution in [1.82, 2.24) is 9.29 Å². The molecule has 1 aromatic carbocycles. The lowest BCUT2D eigenvalue weighted by molar-refractivity contribution is -0.119. The molecule has 1 N–H and O–H groups in total. The third kappa shape index (κ3) is 5.02. The molecule has 0 aliphatic heterocycles. The SMILES string of the molecule is COc1ccc(S(=O)(=O)N(C)C)cc1NC(=O)COC(=O)c1ccncc1. The van der Waals surface area contributed by atoms with E-state index in [1.165, 1.54) is 63.9 Å². The molecule has 0 aliphatic carbocycles. The molecule has 0 bridgehead atoms. The van der Waals surface area contributed by atoms with Crippen molar-refractivity contribution in [1.29, 1.82) is 0 Å². The van der Waals surface area contributed by atoms with Gasteiger partial charge in [-0.25, -0.2) is 17.5 Å². The fraction of sp³-hybridized carbons (Fsp3) is 0.235. The molecule has 10 heteroatoms. The van der Waals surface area contributed by atoms with Crippen molar-refractivity contribution in [2.24, 2.45) is 0 Å². The minimum atomic E-state index is -3.69. The van der Waals surface area contributed by atoms with E-state index in [9.17, 15) is 18.0 Å². The normalized spacial score (nSPS) is 11.1. The van der Waals surface area contributed by atoms with Gasteiger partial charge >= 0.3 is 5.97 Å². The Morgan fingerprint density at radius 1 is 1.15 bits per heavy atom. The van der Waals surface area contributed by atoms with Gasteiger partial charge in [0.2, 0.25) is 10.0 Å². The van der Waals surface area contributed by atoms with Crippen LogP contribution in [0.5, 0.6) is 5.75 Å². The number of pyridine rings is 1. The molecule has 0 fully saturated rings. The van der Waals surface area contributed by atoms with Gasteiger partial charge in [0, 0.05) is 26.5 Å². The van der Waals surface area contributed by atoms with Gasteiger partial charge in [-0.15, -0.1) is 0 Å². The Kier molecular flexibility index (Phi) is 6.48. The molecule has 0 radical (unpaired) electrons. The zero-order valence-corrected chi connectivity index (χ0v) is 15.8. The summed E-state index contributed by atoms with van der Waals surface area (Å²) in [6.45, 7) is -0.547. The molecule has 2 aromatic rings. The summed E-state index contributed by atoms with van der Waals surface area (Å²) < 4.78 is 35.6. The largest absolute Gasteiger partial charge is 0.495 e. The number of ether oxygens (including phenoxy) is 2. The number of esters is 1. The number of methoxy groups -OCH3 is 1. The number of benzene rings is 1. The number of sulfonamides is 1. The van der Waals surface area contributed by atoms with Crippen LogP contribution in [0.1, 0.15) is 10.4 Å². The molecule has 1 heterocycles. The number of carbonyl (C=O) groups excluding carboxylic acids is 2. The molecule has 0 spiro atoms. The smallest absolute Gasteiger partial charge is 0.338 e. The van der Waals surface area contributed by atoms with E-state index in [1.54, 1.807) is 0 Å². The Labute approximate surface area is 157 Å². The Balaban J connectivity index is 2.11. The minimum absolute atomic E-state index is 0.0163. The van der Waals surface area contributed by atoms with E-state index >= 15 is 0 Å². The highest BCUT2D eigenvalue weighted by atomic mass is 32.2. The van der Waals surface area contributed by atoms with E-state index < -0.39 is 28.5 Å². The third-order valence-corrected chi connectivity index (χ3v) is 5.29.